The number of aliphatic hydroxyl groups excluding tert-OH is 1. The maximum absolute atomic E-state index is 9.67. The van der Waals surface area contributed by atoms with Gasteiger partial charge in [0.15, 0.2) is 8.32 Å². The quantitative estimate of drug-likeness (QED) is 0.423. The number of hydrogen-bond acceptors (Lipinski definition) is 2. The molecule has 0 saturated carbocycles. The molecular weight excluding hydrogens is 228 g/mol. The van der Waals surface area contributed by atoms with Crippen LogP contribution in [0.5, 0.6) is 0 Å². The monoisotopic (exact) mass is 258 g/mol. The minimum Gasteiger partial charge on any atom is -0.417 e. The molecule has 0 aromatic rings. The average Bonchev–Trinajstić information content (AvgIpc) is 2.20. The normalized spacial score (nSPS) is 15.5. The fourth-order valence-electron chi connectivity index (χ4n) is 1.27. The Labute approximate surface area is 108 Å². The first-order valence-corrected chi connectivity index (χ1v) is 9.54. The van der Waals surface area contributed by atoms with Gasteiger partial charge in [-0.15, -0.1) is 0 Å². The highest BCUT2D eigenvalue weighted by Gasteiger charge is 2.36. The zero-order valence-electron chi connectivity index (χ0n) is 12.4. The molecule has 3 heteroatoms. The SMILES string of the molecule is C/C=C/C[C@@H](O)CCCO[Si](C)(C)C(C)(C)C. The second-order valence-corrected chi connectivity index (χ2v) is 11.0. The second kappa shape index (κ2) is 7.34. The molecule has 0 fully saturated rings. The van der Waals surface area contributed by atoms with Crippen LogP contribution in [-0.2, 0) is 4.43 Å². The van der Waals surface area contributed by atoms with Gasteiger partial charge < -0.3 is 9.53 Å². The van der Waals surface area contributed by atoms with Gasteiger partial charge >= 0.3 is 0 Å². The van der Waals surface area contributed by atoms with Gasteiger partial charge in [0, 0.05) is 6.61 Å². The van der Waals surface area contributed by atoms with Crippen molar-refractivity contribution in [1.82, 2.24) is 0 Å². The molecule has 17 heavy (non-hydrogen) atoms. The van der Waals surface area contributed by atoms with Crippen LogP contribution in [0.3, 0.4) is 0 Å². The Morgan fingerprint density at radius 3 is 2.35 bits per heavy atom. The van der Waals surface area contributed by atoms with Crippen LogP contribution in [0.4, 0.5) is 0 Å². The summed E-state index contributed by atoms with van der Waals surface area (Å²) in [5.41, 5.74) is 0. The van der Waals surface area contributed by atoms with E-state index < -0.39 is 8.32 Å². The van der Waals surface area contributed by atoms with Crippen molar-refractivity contribution < 1.29 is 9.53 Å². The number of rotatable bonds is 7. The van der Waals surface area contributed by atoms with Crippen LogP contribution >= 0.6 is 0 Å². The van der Waals surface area contributed by atoms with Gasteiger partial charge in [-0.2, -0.15) is 0 Å². The van der Waals surface area contributed by atoms with Gasteiger partial charge in [-0.25, -0.2) is 0 Å². The van der Waals surface area contributed by atoms with E-state index in [1.807, 2.05) is 19.1 Å². The van der Waals surface area contributed by atoms with E-state index in [4.69, 9.17) is 4.43 Å². The molecule has 0 aromatic carbocycles. The van der Waals surface area contributed by atoms with Gasteiger partial charge in [0.25, 0.3) is 0 Å². The largest absolute Gasteiger partial charge is 0.417 e. The molecule has 1 N–H and O–H groups in total. The highest BCUT2D eigenvalue weighted by Crippen LogP contribution is 2.36. The Morgan fingerprint density at radius 1 is 1.29 bits per heavy atom. The highest BCUT2D eigenvalue weighted by molar-refractivity contribution is 6.74. The molecule has 0 aliphatic rings. The van der Waals surface area contributed by atoms with E-state index in [1.165, 1.54) is 0 Å². The fraction of sp³-hybridized carbons (Fsp3) is 0.857. The number of hydrogen-bond donors (Lipinski definition) is 1. The van der Waals surface area contributed by atoms with Gasteiger partial charge in [0.05, 0.1) is 6.10 Å². The van der Waals surface area contributed by atoms with Gasteiger partial charge in [-0.05, 0) is 44.3 Å². The Balaban J connectivity index is 3.78. The van der Waals surface area contributed by atoms with Crippen molar-refractivity contribution in [3.63, 3.8) is 0 Å². The first-order valence-electron chi connectivity index (χ1n) is 6.64. The fourth-order valence-corrected chi connectivity index (χ4v) is 2.36. The molecule has 0 amide bonds. The smallest absolute Gasteiger partial charge is 0.191 e. The topological polar surface area (TPSA) is 29.5 Å². The van der Waals surface area contributed by atoms with Gasteiger partial charge in [0.2, 0.25) is 0 Å². The summed E-state index contributed by atoms with van der Waals surface area (Å²) in [4.78, 5) is 0. The lowest BCUT2D eigenvalue weighted by Crippen LogP contribution is -2.41. The van der Waals surface area contributed by atoms with Gasteiger partial charge in [-0.1, -0.05) is 32.9 Å². The number of allylic oxidation sites excluding steroid dienone is 1. The third-order valence-corrected chi connectivity index (χ3v) is 8.13. The molecule has 0 aliphatic heterocycles. The summed E-state index contributed by atoms with van der Waals surface area (Å²) < 4.78 is 6.06. The van der Waals surface area contributed by atoms with Crippen LogP contribution in [-0.4, -0.2) is 26.1 Å². The standard InChI is InChI=1S/C14H30O2Si/c1-7-8-10-13(15)11-9-12-16-17(5,6)14(2,3)4/h7-8,13,15H,9-12H2,1-6H3/b8-7+/t13-/m1/s1. The first-order chi connectivity index (χ1) is 7.70. The molecule has 0 spiro atoms. The van der Waals surface area contributed by atoms with Crippen LogP contribution in [0.2, 0.25) is 18.1 Å². The molecular formula is C14H30O2Si. The summed E-state index contributed by atoms with van der Waals surface area (Å²) in [7, 11) is -1.60. The maximum atomic E-state index is 9.67. The van der Waals surface area contributed by atoms with Crippen molar-refractivity contribution in [2.45, 2.75) is 71.2 Å². The molecule has 0 aromatic heterocycles. The summed E-state index contributed by atoms with van der Waals surface area (Å²) in [5.74, 6) is 0. The van der Waals surface area contributed by atoms with Crippen molar-refractivity contribution in [2.24, 2.45) is 0 Å². The van der Waals surface area contributed by atoms with E-state index >= 15 is 0 Å². The molecule has 0 aliphatic carbocycles. The lowest BCUT2D eigenvalue weighted by Gasteiger charge is -2.36. The predicted octanol–water partition coefficient (Wildman–Crippen LogP) is 4.12. The average molecular weight is 258 g/mol. The molecule has 0 bridgehead atoms. The summed E-state index contributed by atoms with van der Waals surface area (Å²) in [6.45, 7) is 14.0. The van der Waals surface area contributed by atoms with Crippen LogP contribution in [0, 0.1) is 0 Å². The lowest BCUT2D eigenvalue weighted by atomic mass is 10.1. The van der Waals surface area contributed by atoms with Crippen molar-refractivity contribution in [2.75, 3.05) is 6.61 Å². The maximum Gasteiger partial charge on any atom is 0.191 e. The van der Waals surface area contributed by atoms with Crippen LogP contribution in [0.1, 0.15) is 47.0 Å². The second-order valence-electron chi connectivity index (χ2n) is 6.21. The summed E-state index contributed by atoms with van der Waals surface area (Å²) in [6, 6.07) is 0. The highest BCUT2D eigenvalue weighted by atomic mass is 28.4. The molecule has 0 unspecified atom stereocenters. The van der Waals surface area contributed by atoms with E-state index in [-0.39, 0.29) is 11.1 Å². The summed E-state index contributed by atoms with van der Waals surface area (Å²) in [5, 5.41) is 9.95. The molecule has 102 valence electrons. The van der Waals surface area contributed by atoms with Gasteiger partial charge in [-0.3, -0.25) is 0 Å². The lowest BCUT2D eigenvalue weighted by molar-refractivity contribution is 0.153. The van der Waals surface area contributed by atoms with E-state index in [0.717, 1.165) is 25.9 Å². The van der Waals surface area contributed by atoms with Crippen molar-refractivity contribution in [1.29, 1.82) is 0 Å². The molecule has 0 saturated heterocycles. The minimum absolute atomic E-state index is 0.214. The zero-order chi connectivity index (χ0) is 13.5. The molecule has 2 nitrogen and oxygen atoms in total. The first kappa shape index (κ1) is 16.9. The third kappa shape index (κ3) is 7.01. The van der Waals surface area contributed by atoms with Crippen molar-refractivity contribution in [3.8, 4) is 0 Å². The van der Waals surface area contributed by atoms with E-state index in [2.05, 4.69) is 33.9 Å². The molecule has 0 rings (SSSR count). The van der Waals surface area contributed by atoms with E-state index in [1.54, 1.807) is 0 Å². The van der Waals surface area contributed by atoms with Crippen LogP contribution < -0.4 is 0 Å². The Kier molecular flexibility index (Phi) is 7.29. The minimum atomic E-state index is -1.60. The Morgan fingerprint density at radius 2 is 1.88 bits per heavy atom. The van der Waals surface area contributed by atoms with Crippen molar-refractivity contribution >= 4 is 8.32 Å². The van der Waals surface area contributed by atoms with Crippen LogP contribution in [0.25, 0.3) is 0 Å². The van der Waals surface area contributed by atoms with Gasteiger partial charge in [0.1, 0.15) is 0 Å². The summed E-state index contributed by atoms with van der Waals surface area (Å²) >= 11 is 0. The zero-order valence-corrected chi connectivity index (χ0v) is 13.4. The third-order valence-electron chi connectivity index (χ3n) is 3.59. The summed E-state index contributed by atoms with van der Waals surface area (Å²) in [6.07, 6.45) is 6.32. The Bertz CT molecular complexity index is 229. The van der Waals surface area contributed by atoms with E-state index in [9.17, 15) is 5.11 Å². The van der Waals surface area contributed by atoms with Crippen LogP contribution in [0.15, 0.2) is 12.2 Å². The van der Waals surface area contributed by atoms with Crippen molar-refractivity contribution in [3.05, 3.63) is 12.2 Å². The predicted molar refractivity (Wildman–Crippen MR) is 77.8 cm³/mol. The number of aliphatic hydroxyl groups is 1. The van der Waals surface area contributed by atoms with E-state index in [0.29, 0.717) is 0 Å². The molecule has 1 atom stereocenters. The molecule has 0 heterocycles. The molecule has 0 radical (unpaired) electrons. The Hall–Kier alpha value is -0.123.